The Hall–Kier alpha value is -2.53. The molecule has 1 heterocycles. The highest BCUT2D eigenvalue weighted by Gasteiger charge is 2.09. The first-order valence-electron chi connectivity index (χ1n) is 6.76. The van der Waals surface area contributed by atoms with Crippen LogP contribution in [0.5, 0.6) is 5.75 Å². The van der Waals surface area contributed by atoms with Crippen LogP contribution < -0.4 is 16.2 Å². The number of hydrogen-bond donors (Lipinski definition) is 3. The van der Waals surface area contributed by atoms with Crippen molar-refractivity contribution in [2.45, 2.75) is 12.5 Å². The first-order chi connectivity index (χ1) is 10.2. The van der Waals surface area contributed by atoms with Crippen molar-refractivity contribution in [3.8, 4) is 5.75 Å². The van der Waals surface area contributed by atoms with Gasteiger partial charge in [-0.05, 0) is 41.8 Å². The minimum Gasteiger partial charge on any atom is -0.497 e. The summed E-state index contributed by atoms with van der Waals surface area (Å²) in [6, 6.07) is 13.5. The molecule has 3 aromatic rings. The lowest BCUT2D eigenvalue weighted by Gasteiger charge is -2.12. The molecule has 108 valence electrons. The van der Waals surface area contributed by atoms with Gasteiger partial charge in [-0.1, -0.05) is 18.2 Å². The largest absolute Gasteiger partial charge is 0.497 e. The van der Waals surface area contributed by atoms with Crippen molar-refractivity contribution < 1.29 is 4.74 Å². The van der Waals surface area contributed by atoms with Crippen LogP contribution >= 0.6 is 0 Å². The second-order valence-electron chi connectivity index (χ2n) is 5.04. The van der Waals surface area contributed by atoms with Crippen LogP contribution in [0.1, 0.15) is 17.2 Å². The van der Waals surface area contributed by atoms with Crippen LogP contribution in [0.25, 0.3) is 11.0 Å². The standard InChI is InChI=1S/C16H17N3O2/c1-21-12-5-2-10(3-6-12)8-13(17)11-4-7-14-15(9-11)19-16(20)18-14/h2-7,9,13H,8,17H2,1H3,(H2,18,19,20). The van der Waals surface area contributed by atoms with Crippen molar-refractivity contribution in [2.24, 2.45) is 5.73 Å². The van der Waals surface area contributed by atoms with Crippen LogP contribution in [0, 0.1) is 0 Å². The summed E-state index contributed by atoms with van der Waals surface area (Å²) in [5, 5.41) is 0. The molecule has 0 saturated carbocycles. The summed E-state index contributed by atoms with van der Waals surface area (Å²) in [7, 11) is 1.65. The summed E-state index contributed by atoms with van der Waals surface area (Å²) < 4.78 is 5.14. The normalized spacial score (nSPS) is 12.5. The highest BCUT2D eigenvalue weighted by Crippen LogP contribution is 2.20. The summed E-state index contributed by atoms with van der Waals surface area (Å²) in [4.78, 5) is 16.7. The lowest BCUT2D eigenvalue weighted by molar-refractivity contribution is 0.414. The molecule has 0 saturated heterocycles. The van der Waals surface area contributed by atoms with Crippen LogP contribution in [-0.2, 0) is 6.42 Å². The zero-order valence-corrected chi connectivity index (χ0v) is 11.7. The lowest BCUT2D eigenvalue weighted by Crippen LogP contribution is -2.13. The van der Waals surface area contributed by atoms with E-state index in [-0.39, 0.29) is 11.7 Å². The van der Waals surface area contributed by atoms with Gasteiger partial charge in [0.05, 0.1) is 18.1 Å². The van der Waals surface area contributed by atoms with Gasteiger partial charge in [-0.3, -0.25) is 0 Å². The first kappa shape index (κ1) is 13.5. The molecule has 3 rings (SSSR count). The average molecular weight is 283 g/mol. The van der Waals surface area contributed by atoms with Gasteiger partial charge in [0.2, 0.25) is 0 Å². The lowest BCUT2D eigenvalue weighted by atomic mass is 9.99. The van der Waals surface area contributed by atoms with E-state index in [9.17, 15) is 4.79 Å². The highest BCUT2D eigenvalue weighted by atomic mass is 16.5. The molecular weight excluding hydrogens is 266 g/mol. The number of imidazole rings is 1. The zero-order valence-electron chi connectivity index (χ0n) is 11.7. The van der Waals surface area contributed by atoms with Crippen LogP contribution in [0.3, 0.4) is 0 Å². The fraction of sp³-hybridized carbons (Fsp3) is 0.188. The first-order valence-corrected chi connectivity index (χ1v) is 6.76. The predicted molar refractivity (Wildman–Crippen MR) is 82.5 cm³/mol. The Balaban J connectivity index is 1.81. The molecule has 4 N–H and O–H groups in total. The Bertz CT molecular complexity index is 802. The second kappa shape index (κ2) is 5.46. The molecule has 2 aromatic carbocycles. The van der Waals surface area contributed by atoms with E-state index in [1.54, 1.807) is 7.11 Å². The molecule has 1 atom stereocenters. The number of fused-ring (bicyclic) bond motifs is 1. The van der Waals surface area contributed by atoms with E-state index in [0.717, 1.165) is 34.3 Å². The van der Waals surface area contributed by atoms with Gasteiger partial charge in [0.25, 0.3) is 0 Å². The fourth-order valence-electron chi connectivity index (χ4n) is 2.41. The van der Waals surface area contributed by atoms with Gasteiger partial charge in [-0.25, -0.2) is 4.79 Å². The zero-order chi connectivity index (χ0) is 14.8. The SMILES string of the molecule is COc1ccc(CC(N)c2ccc3[nH]c(=O)[nH]c3c2)cc1. The number of nitrogens with two attached hydrogens (primary N) is 1. The Morgan fingerprint density at radius 1 is 1.10 bits per heavy atom. The van der Waals surface area contributed by atoms with Gasteiger partial charge >= 0.3 is 5.69 Å². The van der Waals surface area contributed by atoms with Crippen LogP contribution in [0.4, 0.5) is 0 Å². The van der Waals surface area contributed by atoms with E-state index >= 15 is 0 Å². The molecule has 1 unspecified atom stereocenters. The van der Waals surface area contributed by atoms with Crippen LogP contribution in [0.15, 0.2) is 47.3 Å². The molecule has 0 aliphatic carbocycles. The van der Waals surface area contributed by atoms with E-state index in [2.05, 4.69) is 9.97 Å². The summed E-state index contributed by atoms with van der Waals surface area (Å²) >= 11 is 0. The molecule has 0 aliphatic heterocycles. The van der Waals surface area contributed by atoms with E-state index in [1.807, 2.05) is 42.5 Å². The number of nitrogens with one attached hydrogen (secondary N) is 2. The molecule has 0 spiro atoms. The maximum atomic E-state index is 11.3. The number of ether oxygens (including phenoxy) is 1. The van der Waals surface area contributed by atoms with E-state index in [4.69, 9.17) is 10.5 Å². The third-order valence-electron chi connectivity index (χ3n) is 3.58. The third-order valence-corrected chi connectivity index (χ3v) is 3.58. The fourth-order valence-corrected chi connectivity index (χ4v) is 2.41. The number of H-pyrrole nitrogens is 2. The number of aromatic amines is 2. The Morgan fingerprint density at radius 3 is 2.52 bits per heavy atom. The minimum absolute atomic E-state index is 0.124. The van der Waals surface area contributed by atoms with Gasteiger partial charge < -0.3 is 20.4 Å². The van der Waals surface area contributed by atoms with Crippen molar-refractivity contribution in [3.63, 3.8) is 0 Å². The molecule has 0 fully saturated rings. The van der Waals surface area contributed by atoms with Gasteiger partial charge in [0, 0.05) is 6.04 Å². The number of hydrogen-bond acceptors (Lipinski definition) is 3. The molecule has 0 amide bonds. The molecule has 0 bridgehead atoms. The average Bonchev–Trinajstić information content (AvgIpc) is 2.87. The third kappa shape index (κ3) is 2.83. The minimum atomic E-state index is -0.203. The van der Waals surface area contributed by atoms with Crippen molar-refractivity contribution in [2.75, 3.05) is 7.11 Å². The maximum Gasteiger partial charge on any atom is 0.323 e. The number of rotatable bonds is 4. The predicted octanol–water partition coefficient (Wildman–Crippen LogP) is 2.11. The highest BCUT2D eigenvalue weighted by molar-refractivity contribution is 5.75. The smallest absolute Gasteiger partial charge is 0.323 e. The summed E-state index contributed by atoms with van der Waals surface area (Å²) in [5.74, 6) is 0.832. The van der Waals surface area contributed by atoms with Crippen molar-refractivity contribution in [1.82, 2.24) is 9.97 Å². The van der Waals surface area contributed by atoms with E-state index < -0.39 is 0 Å². The van der Waals surface area contributed by atoms with Crippen LogP contribution in [-0.4, -0.2) is 17.1 Å². The molecule has 21 heavy (non-hydrogen) atoms. The summed E-state index contributed by atoms with van der Waals surface area (Å²) in [6.07, 6.45) is 0.726. The molecule has 1 aromatic heterocycles. The number of methoxy groups -OCH3 is 1. The second-order valence-corrected chi connectivity index (χ2v) is 5.04. The Morgan fingerprint density at radius 2 is 1.81 bits per heavy atom. The summed E-state index contributed by atoms with van der Waals surface area (Å²) in [5.41, 5.74) is 9.77. The number of benzene rings is 2. The van der Waals surface area contributed by atoms with Crippen molar-refractivity contribution >= 4 is 11.0 Å². The topological polar surface area (TPSA) is 83.9 Å². The number of aromatic nitrogens is 2. The molecule has 5 heteroatoms. The molecular formula is C16H17N3O2. The van der Waals surface area contributed by atoms with Gasteiger partial charge in [0.1, 0.15) is 5.75 Å². The molecule has 0 aliphatic rings. The monoisotopic (exact) mass is 283 g/mol. The van der Waals surface area contributed by atoms with Crippen molar-refractivity contribution in [1.29, 1.82) is 0 Å². The van der Waals surface area contributed by atoms with Gasteiger partial charge in [-0.15, -0.1) is 0 Å². The Kier molecular flexibility index (Phi) is 3.50. The van der Waals surface area contributed by atoms with Gasteiger partial charge in [-0.2, -0.15) is 0 Å². The van der Waals surface area contributed by atoms with Crippen LogP contribution in [0.2, 0.25) is 0 Å². The van der Waals surface area contributed by atoms with Crippen molar-refractivity contribution in [3.05, 3.63) is 64.1 Å². The Labute approximate surface area is 121 Å². The van der Waals surface area contributed by atoms with E-state index in [0.29, 0.717) is 0 Å². The molecule has 5 nitrogen and oxygen atoms in total. The molecule has 0 radical (unpaired) electrons. The van der Waals surface area contributed by atoms with E-state index in [1.165, 1.54) is 0 Å². The van der Waals surface area contributed by atoms with Gasteiger partial charge in [0.15, 0.2) is 0 Å². The summed E-state index contributed by atoms with van der Waals surface area (Å²) in [6.45, 7) is 0. The quantitative estimate of drug-likeness (QED) is 0.685. The maximum absolute atomic E-state index is 11.3.